The van der Waals surface area contributed by atoms with Crippen LogP contribution in [0.3, 0.4) is 0 Å². The number of carbonyl (C=O) groups excluding carboxylic acids is 2. The maximum atomic E-state index is 12.8. The van der Waals surface area contributed by atoms with Gasteiger partial charge in [-0.3, -0.25) is 9.59 Å². The lowest BCUT2D eigenvalue weighted by molar-refractivity contribution is -0.143. The zero-order valence-electron chi connectivity index (χ0n) is 19.8. The van der Waals surface area contributed by atoms with Gasteiger partial charge in [-0.2, -0.15) is 0 Å². The molecular weight excluding hydrogens is 470 g/mol. The molecule has 0 aliphatic rings. The average Bonchev–Trinajstić information content (AvgIpc) is 2.82. The van der Waals surface area contributed by atoms with Crippen molar-refractivity contribution in [1.82, 2.24) is 9.88 Å². The van der Waals surface area contributed by atoms with Crippen molar-refractivity contribution in [2.45, 2.75) is 32.7 Å². The maximum absolute atomic E-state index is 12.8. The minimum Gasteiger partial charge on any atom is -0.505 e. The van der Waals surface area contributed by atoms with Crippen molar-refractivity contribution in [3.05, 3.63) is 92.4 Å². The number of nitrogens with zero attached hydrogens (tertiary/aromatic N) is 1. The van der Waals surface area contributed by atoms with Gasteiger partial charge in [-0.25, -0.2) is 4.79 Å². The van der Waals surface area contributed by atoms with E-state index in [0.29, 0.717) is 22.6 Å². The Morgan fingerprint density at radius 2 is 1.83 bits per heavy atom. The normalized spacial score (nSPS) is 11.5. The molecule has 0 bridgehead atoms. The SMILES string of the molecule is CCOC(=O)C[C@H](NC(=O)Nc1c(O)c(C)cn(C)c1=O)c1ccc(Cc2ccccc2Cl)cc1. The molecule has 0 aliphatic carbocycles. The fraction of sp³-hybridized carbons (Fsp3) is 0.269. The monoisotopic (exact) mass is 497 g/mol. The summed E-state index contributed by atoms with van der Waals surface area (Å²) in [7, 11) is 1.52. The smallest absolute Gasteiger partial charge is 0.319 e. The largest absolute Gasteiger partial charge is 0.505 e. The summed E-state index contributed by atoms with van der Waals surface area (Å²) in [5.41, 5.74) is 2.30. The molecule has 2 amide bonds. The van der Waals surface area contributed by atoms with Crippen LogP contribution in [0.15, 0.2) is 59.5 Å². The Balaban J connectivity index is 1.80. The van der Waals surface area contributed by atoms with Gasteiger partial charge in [0.15, 0.2) is 5.69 Å². The highest BCUT2D eigenvalue weighted by atomic mass is 35.5. The van der Waals surface area contributed by atoms with Gasteiger partial charge in [0.25, 0.3) is 5.56 Å². The van der Waals surface area contributed by atoms with Crippen molar-refractivity contribution in [3.63, 3.8) is 0 Å². The van der Waals surface area contributed by atoms with Crippen molar-refractivity contribution < 1.29 is 19.4 Å². The standard InChI is InChI=1S/C26H28ClN3O5/c1-4-35-22(31)14-21(28-26(34)29-23-24(32)16(2)15-30(3)25(23)33)18-11-9-17(10-12-18)13-19-7-5-6-8-20(19)27/h5-12,15,21,32H,4,13-14H2,1-3H3,(H2,28,29,34)/t21-/m0/s1. The van der Waals surface area contributed by atoms with Crippen molar-refractivity contribution in [1.29, 1.82) is 0 Å². The lowest BCUT2D eigenvalue weighted by Gasteiger charge is -2.20. The van der Waals surface area contributed by atoms with Gasteiger partial charge in [-0.1, -0.05) is 54.1 Å². The molecule has 8 nitrogen and oxygen atoms in total. The second kappa shape index (κ2) is 11.6. The minimum atomic E-state index is -0.738. The third-order valence-electron chi connectivity index (χ3n) is 5.49. The molecule has 3 rings (SSSR count). The number of rotatable bonds is 8. The summed E-state index contributed by atoms with van der Waals surface area (Å²) in [5, 5.41) is 16.1. The van der Waals surface area contributed by atoms with Crippen LogP contribution in [0.25, 0.3) is 0 Å². The zero-order chi connectivity index (χ0) is 25.5. The van der Waals surface area contributed by atoms with Gasteiger partial charge >= 0.3 is 12.0 Å². The van der Waals surface area contributed by atoms with Crippen LogP contribution in [0.2, 0.25) is 5.02 Å². The third-order valence-corrected chi connectivity index (χ3v) is 5.86. The van der Waals surface area contributed by atoms with Crippen LogP contribution in [0.1, 0.15) is 41.6 Å². The number of aromatic nitrogens is 1. The van der Waals surface area contributed by atoms with Crippen LogP contribution in [0.4, 0.5) is 10.5 Å². The fourth-order valence-electron chi connectivity index (χ4n) is 3.67. The van der Waals surface area contributed by atoms with E-state index in [-0.39, 0.29) is 24.5 Å². The molecule has 1 aromatic heterocycles. The number of pyridine rings is 1. The van der Waals surface area contributed by atoms with E-state index in [9.17, 15) is 19.5 Å². The number of ether oxygens (including phenoxy) is 1. The number of hydrogen-bond donors (Lipinski definition) is 3. The van der Waals surface area contributed by atoms with Gasteiger partial charge in [0.05, 0.1) is 19.1 Å². The molecule has 0 radical (unpaired) electrons. The topological polar surface area (TPSA) is 110 Å². The van der Waals surface area contributed by atoms with Gasteiger partial charge < -0.3 is 25.0 Å². The number of aryl methyl sites for hydroxylation is 2. The number of benzene rings is 2. The molecule has 0 unspecified atom stereocenters. The van der Waals surface area contributed by atoms with E-state index in [0.717, 1.165) is 11.1 Å². The molecule has 3 N–H and O–H groups in total. The summed E-state index contributed by atoms with van der Waals surface area (Å²) in [6.45, 7) is 3.53. The van der Waals surface area contributed by atoms with Crippen LogP contribution in [0.5, 0.6) is 5.75 Å². The lowest BCUT2D eigenvalue weighted by Crippen LogP contribution is -2.36. The molecule has 35 heavy (non-hydrogen) atoms. The summed E-state index contributed by atoms with van der Waals surface area (Å²) >= 11 is 6.26. The molecule has 0 saturated heterocycles. The predicted octanol–water partition coefficient (Wildman–Crippen LogP) is 4.46. The first kappa shape index (κ1) is 25.8. The van der Waals surface area contributed by atoms with Crippen molar-refractivity contribution in [2.24, 2.45) is 7.05 Å². The second-order valence-electron chi connectivity index (χ2n) is 8.12. The van der Waals surface area contributed by atoms with E-state index in [1.54, 1.807) is 13.8 Å². The molecule has 184 valence electrons. The number of amides is 2. The Labute approximate surface area is 208 Å². The minimum absolute atomic E-state index is 0.108. The molecule has 9 heteroatoms. The van der Waals surface area contributed by atoms with E-state index in [4.69, 9.17) is 16.3 Å². The van der Waals surface area contributed by atoms with E-state index < -0.39 is 23.6 Å². The van der Waals surface area contributed by atoms with Crippen LogP contribution in [-0.4, -0.2) is 28.3 Å². The number of aromatic hydroxyl groups is 1. The van der Waals surface area contributed by atoms with E-state index in [1.807, 2.05) is 48.5 Å². The number of esters is 1. The van der Waals surface area contributed by atoms with Crippen molar-refractivity contribution >= 4 is 29.3 Å². The number of nitrogens with one attached hydrogen (secondary N) is 2. The van der Waals surface area contributed by atoms with E-state index >= 15 is 0 Å². The summed E-state index contributed by atoms with van der Waals surface area (Å²) < 4.78 is 6.32. The molecule has 0 spiro atoms. The highest BCUT2D eigenvalue weighted by Gasteiger charge is 2.21. The Morgan fingerprint density at radius 3 is 2.49 bits per heavy atom. The van der Waals surface area contributed by atoms with Crippen molar-refractivity contribution in [2.75, 3.05) is 11.9 Å². The third kappa shape index (κ3) is 6.64. The quantitative estimate of drug-likeness (QED) is 0.398. The number of urea groups is 1. The first-order chi connectivity index (χ1) is 16.7. The van der Waals surface area contributed by atoms with Crippen LogP contribution in [-0.2, 0) is 23.0 Å². The first-order valence-electron chi connectivity index (χ1n) is 11.1. The number of halogens is 1. The number of anilines is 1. The first-order valence-corrected chi connectivity index (χ1v) is 11.5. The zero-order valence-corrected chi connectivity index (χ0v) is 20.6. The molecule has 3 aromatic rings. The highest BCUT2D eigenvalue weighted by molar-refractivity contribution is 6.31. The molecule has 2 aromatic carbocycles. The second-order valence-corrected chi connectivity index (χ2v) is 8.53. The summed E-state index contributed by atoms with van der Waals surface area (Å²) in [5.74, 6) is -0.790. The highest BCUT2D eigenvalue weighted by Crippen LogP contribution is 2.24. The molecule has 0 fully saturated rings. The lowest BCUT2D eigenvalue weighted by atomic mass is 9.99. The van der Waals surface area contributed by atoms with E-state index in [1.165, 1.54) is 17.8 Å². The number of carbonyl (C=O) groups is 2. The Morgan fingerprint density at radius 1 is 1.14 bits per heavy atom. The van der Waals surface area contributed by atoms with Gasteiger partial charge in [0, 0.05) is 23.8 Å². The average molecular weight is 498 g/mol. The molecule has 0 saturated carbocycles. The maximum Gasteiger partial charge on any atom is 0.319 e. The molecule has 0 aliphatic heterocycles. The fourth-order valence-corrected chi connectivity index (χ4v) is 3.88. The number of hydrogen-bond acceptors (Lipinski definition) is 5. The Hall–Kier alpha value is -3.78. The summed E-state index contributed by atoms with van der Waals surface area (Å²) in [4.78, 5) is 37.4. The summed E-state index contributed by atoms with van der Waals surface area (Å²) in [6, 6.07) is 13.6. The Bertz CT molecular complexity index is 1270. The predicted molar refractivity (Wildman–Crippen MR) is 135 cm³/mol. The van der Waals surface area contributed by atoms with Crippen LogP contribution in [0, 0.1) is 6.92 Å². The van der Waals surface area contributed by atoms with Crippen molar-refractivity contribution in [3.8, 4) is 5.75 Å². The molecule has 1 heterocycles. The van der Waals surface area contributed by atoms with E-state index in [2.05, 4.69) is 10.6 Å². The van der Waals surface area contributed by atoms with Gasteiger partial charge in [0.2, 0.25) is 0 Å². The van der Waals surface area contributed by atoms with Crippen LogP contribution < -0.4 is 16.2 Å². The summed E-state index contributed by atoms with van der Waals surface area (Å²) in [6.07, 6.45) is 1.99. The van der Waals surface area contributed by atoms with Gasteiger partial charge in [-0.15, -0.1) is 0 Å². The molecular formula is C26H28ClN3O5. The van der Waals surface area contributed by atoms with Crippen LogP contribution >= 0.6 is 11.6 Å². The Kier molecular flexibility index (Phi) is 8.54. The van der Waals surface area contributed by atoms with Gasteiger partial charge in [-0.05, 0) is 43.0 Å². The van der Waals surface area contributed by atoms with Gasteiger partial charge in [0.1, 0.15) is 5.75 Å². The molecule has 1 atom stereocenters.